The first-order valence-corrected chi connectivity index (χ1v) is 9.37. The average molecular weight is 352 g/mol. The molecule has 2 atom stereocenters. The second-order valence-corrected chi connectivity index (χ2v) is 7.28. The first-order chi connectivity index (χ1) is 12.6. The summed E-state index contributed by atoms with van der Waals surface area (Å²) in [5.74, 6) is 1.37. The van der Waals surface area contributed by atoms with E-state index < -0.39 is 0 Å². The second-order valence-electron chi connectivity index (χ2n) is 7.28. The number of para-hydroxylation sites is 1. The van der Waals surface area contributed by atoms with E-state index in [1.807, 2.05) is 35.0 Å². The number of aromatic nitrogens is 2. The molecule has 136 valence electrons. The third-order valence-electron chi connectivity index (χ3n) is 5.26. The molecule has 0 aliphatic heterocycles. The zero-order valence-corrected chi connectivity index (χ0v) is 15.0. The first kappa shape index (κ1) is 16.8. The number of rotatable bonds is 6. The third kappa shape index (κ3) is 3.36. The predicted octanol–water partition coefficient (Wildman–Crippen LogP) is 2.46. The van der Waals surface area contributed by atoms with Crippen molar-refractivity contribution in [3.8, 4) is 5.69 Å². The van der Waals surface area contributed by atoms with Gasteiger partial charge in [0.05, 0.1) is 11.4 Å². The Bertz CT molecular complexity index is 828. The second kappa shape index (κ2) is 6.94. The smallest absolute Gasteiger partial charge is 0.227 e. The van der Waals surface area contributed by atoms with Crippen molar-refractivity contribution in [1.29, 1.82) is 0 Å². The lowest BCUT2D eigenvalue weighted by Crippen LogP contribution is -2.29. The molecule has 1 fully saturated rings. The quantitative estimate of drug-likeness (QED) is 0.838. The number of anilines is 1. The predicted molar refractivity (Wildman–Crippen MR) is 99.1 cm³/mol. The van der Waals surface area contributed by atoms with Gasteiger partial charge >= 0.3 is 0 Å². The number of nitrogens with zero attached hydrogens (tertiary/aromatic N) is 2. The van der Waals surface area contributed by atoms with Gasteiger partial charge in [-0.05, 0) is 43.7 Å². The highest BCUT2D eigenvalue weighted by Crippen LogP contribution is 2.37. The maximum Gasteiger partial charge on any atom is 0.227 e. The number of hydrogen-bond acceptors (Lipinski definition) is 3. The number of carbonyl (C=O) groups is 2. The van der Waals surface area contributed by atoms with E-state index in [0.29, 0.717) is 12.5 Å². The minimum absolute atomic E-state index is 0.0699. The van der Waals surface area contributed by atoms with Crippen molar-refractivity contribution >= 4 is 17.6 Å². The van der Waals surface area contributed by atoms with Crippen molar-refractivity contribution in [2.45, 2.75) is 39.0 Å². The van der Waals surface area contributed by atoms with Crippen LogP contribution >= 0.6 is 0 Å². The summed E-state index contributed by atoms with van der Waals surface area (Å²) >= 11 is 0. The summed E-state index contributed by atoms with van der Waals surface area (Å²) in [6.45, 7) is 2.44. The third-order valence-corrected chi connectivity index (χ3v) is 5.26. The summed E-state index contributed by atoms with van der Waals surface area (Å²) in [7, 11) is 0. The molecule has 2 aliphatic rings. The molecule has 26 heavy (non-hydrogen) atoms. The lowest BCUT2D eigenvalue weighted by Gasteiger charge is -2.11. The van der Waals surface area contributed by atoms with Crippen molar-refractivity contribution in [1.82, 2.24) is 15.1 Å². The molecule has 1 saturated carbocycles. The highest BCUT2D eigenvalue weighted by Gasteiger charge is 2.38. The van der Waals surface area contributed by atoms with E-state index in [1.54, 1.807) is 0 Å². The average Bonchev–Trinajstić information content (AvgIpc) is 3.05. The molecule has 0 bridgehead atoms. The molecule has 0 spiro atoms. The van der Waals surface area contributed by atoms with Gasteiger partial charge in [-0.2, -0.15) is 5.10 Å². The van der Waals surface area contributed by atoms with Crippen LogP contribution in [0.3, 0.4) is 0 Å². The van der Waals surface area contributed by atoms with Gasteiger partial charge in [0.25, 0.3) is 0 Å². The SMILES string of the molecule is C[C@@H]1C[C@@H]1C(=O)NCCC(=O)Nc1c2c(nn1-c1ccccc1)CCC2. The number of amides is 2. The van der Waals surface area contributed by atoms with Crippen LogP contribution in [0.5, 0.6) is 0 Å². The summed E-state index contributed by atoms with van der Waals surface area (Å²) in [5, 5.41) is 10.6. The minimum atomic E-state index is -0.0964. The fourth-order valence-corrected chi connectivity index (χ4v) is 3.59. The lowest BCUT2D eigenvalue weighted by atomic mass is 10.2. The molecule has 1 aromatic carbocycles. The minimum Gasteiger partial charge on any atom is -0.355 e. The monoisotopic (exact) mass is 352 g/mol. The molecule has 2 aromatic rings. The highest BCUT2D eigenvalue weighted by atomic mass is 16.2. The number of fused-ring (bicyclic) bond motifs is 1. The molecular weight excluding hydrogens is 328 g/mol. The number of benzene rings is 1. The van der Waals surface area contributed by atoms with Crippen LogP contribution in [-0.2, 0) is 22.4 Å². The Morgan fingerprint density at radius 2 is 2.00 bits per heavy atom. The number of carbonyl (C=O) groups excluding carboxylic acids is 2. The van der Waals surface area contributed by atoms with Crippen LogP contribution in [-0.4, -0.2) is 28.1 Å². The Kier molecular flexibility index (Phi) is 4.49. The fourth-order valence-electron chi connectivity index (χ4n) is 3.59. The van der Waals surface area contributed by atoms with Crippen molar-refractivity contribution in [3.63, 3.8) is 0 Å². The lowest BCUT2D eigenvalue weighted by molar-refractivity contribution is -0.122. The molecule has 0 unspecified atom stereocenters. The van der Waals surface area contributed by atoms with Gasteiger partial charge < -0.3 is 10.6 Å². The normalized spacial score (nSPS) is 20.5. The summed E-state index contributed by atoms with van der Waals surface area (Å²) in [4.78, 5) is 24.3. The Labute approximate surface area is 153 Å². The van der Waals surface area contributed by atoms with E-state index >= 15 is 0 Å². The summed E-state index contributed by atoms with van der Waals surface area (Å²) < 4.78 is 1.83. The molecule has 4 rings (SSSR count). The van der Waals surface area contributed by atoms with Crippen LogP contribution in [0.2, 0.25) is 0 Å². The van der Waals surface area contributed by atoms with Crippen molar-refractivity contribution in [3.05, 3.63) is 41.6 Å². The number of nitrogens with one attached hydrogen (secondary N) is 2. The van der Waals surface area contributed by atoms with Gasteiger partial charge in [0, 0.05) is 24.4 Å². The molecular formula is C20H24N4O2. The largest absolute Gasteiger partial charge is 0.355 e. The first-order valence-electron chi connectivity index (χ1n) is 9.37. The Hall–Kier alpha value is -2.63. The molecule has 1 heterocycles. The summed E-state index contributed by atoms with van der Waals surface area (Å²) in [6, 6.07) is 9.84. The number of aryl methyl sites for hydroxylation is 1. The van der Waals surface area contributed by atoms with Crippen molar-refractivity contribution in [2.24, 2.45) is 11.8 Å². The van der Waals surface area contributed by atoms with E-state index in [0.717, 1.165) is 48.4 Å². The van der Waals surface area contributed by atoms with Crippen LogP contribution in [0.25, 0.3) is 5.69 Å². The van der Waals surface area contributed by atoms with E-state index in [2.05, 4.69) is 17.6 Å². The van der Waals surface area contributed by atoms with Crippen LogP contribution in [0.4, 0.5) is 5.82 Å². The van der Waals surface area contributed by atoms with Gasteiger partial charge in [0.15, 0.2) is 0 Å². The van der Waals surface area contributed by atoms with Crippen molar-refractivity contribution < 1.29 is 9.59 Å². The van der Waals surface area contributed by atoms with E-state index in [9.17, 15) is 9.59 Å². The Morgan fingerprint density at radius 1 is 1.23 bits per heavy atom. The van der Waals surface area contributed by atoms with Crippen LogP contribution < -0.4 is 10.6 Å². The highest BCUT2D eigenvalue weighted by molar-refractivity contribution is 5.91. The van der Waals surface area contributed by atoms with E-state index in [-0.39, 0.29) is 24.2 Å². The van der Waals surface area contributed by atoms with Crippen LogP contribution in [0.1, 0.15) is 37.4 Å². The van der Waals surface area contributed by atoms with E-state index in [1.165, 1.54) is 0 Å². The Morgan fingerprint density at radius 3 is 2.73 bits per heavy atom. The van der Waals surface area contributed by atoms with Gasteiger partial charge in [-0.25, -0.2) is 4.68 Å². The zero-order valence-electron chi connectivity index (χ0n) is 15.0. The van der Waals surface area contributed by atoms with Gasteiger partial charge in [-0.15, -0.1) is 0 Å². The van der Waals surface area contributed by atoms with Gasteiger partial charge in [0.1, 0.15) is 5.82 Å². The van der Waals surface area contributed by atoms with Gasteiger partial charge in [0.2, 0.25) is 11.8 Å². The van der Waals surface area contributed by atoms with Crippen LogP contribution in [0.15, 0.2) is 30.3 Å². The van der Waals surface area contributed by atoms with Gasteiger partial charge in [-0.1, -0.05) is 25.1 Å². The van der Waals surface area contributed by atoms with Crippen LogP contribution in [0, 0.1) is 11.8 Å². The molecule has 6 heteroatoms. The Balaban J connectivity index is 1.42. The van der Waals surface area contributed by atoms with Crippen molar-refractivity contribution in [2.75, 3.05) is 11.9 Å². The molecule has 2 N–H and O–H groups in total. The fraction of sp³-hybridized carbons (Fsp3) is 0.450. The molecule has 2 amide bonds. The summed E-state index contributed by atoms with van der Waals surface area (Å²) in [6.07, 6.45) is 4.19. The maximum absolute atomic E-state index is 12.4. The molecule has 0 radical (unpaired) electrons. The molecule has 0 saturated heterocycles. The number of hydrogen-bond donors (Lipinski definition) is 2. The molecule has 2 aliphatic carbocycles. The zero-order chi connectivity index (χ0) is 18.1. The maximum atomic E-state index is 12.4. The van der Waals surface area contributed by atoms with E-state index in [4.69, 9.17) is 5.10 Å². The summed E-state index contributed by atoms with van der Waals surface area (Å²) in [5.41, 5.74) is 3.14. The molecule has 1 aromatic heterocycles. The van der Waals surface area contributed by atoms with Gasteiger partial charge in [-0.3, -0.25) is 9.59 Å². The topological polar surface area (TPSA) is 76.0 Å². The standard InChI is InChI=1S/C20H24N4O2/c1-13-12-16(13)20(26)21-11-10-18(25)22-19-15-8-5-9-17(15)23-24(19)14-6-3-2-4-7-14/h2-4,6-7,13,16H,5,8-12H2,1H3,(H,21,26)(H,22,25)/t13-,16+/m1/s1. The molecule has 6 nitrogen and oxygen atoms in total.